The third kappa shape index (κ3) is 2.88. The van der Waals surface area contributed by atoms with E-state index in [1.165, 1.54) is 6.07 Å². The first kappa shape index (κ1) is 15.0. The van der Waals surface area contributed by atoms with Crippen LogP contribution in [0.4, 0.5) is 5.82 Å². The average Bonchev–Trinajstić information content (AvgIpc) is 3.02. The van der Waals surface area contributed by atoms with Crippen LogP contribution in [0.1, 0.15) is 36.8 Å². The van der Waals surface area contributed by atoms with Crippen LogP contribution in [-0.2, 0) is 0 Å². The second kappa shape index (κ2) is 6.08. The molecule has 0 saturated heterocycles. The van der Waals surface area contributed by atoms with E-state index in [-0.39, 0.29) is 23.1 Å². The van der Waals surface area contributed by atoms with Gasteiger partial charge in [0.05, 0.1) is 12.2 Å². The van der Waals surface area contributed by atoms with Crippen molar-refractivity contribution in [3.8, 4) is 0 Å². The van der Waals surface area contributed by atoms with Crippen molar-refractivity contribution in [2.24, 2.45) is 0 Å². The zero-order valence-corrected chi connectivity index (χ0v) is 13.0. The van der Waals surface area contributed by atoms with Crippen molar-refractivity contribution in [1.29, 1.82) is 0 Å². The first-order chi connectivity index (χ1) is 11.1. The quantitative estimate of drug-likeness (QED) is 0.777. The van der Waals surface area contributed by atoms with Gasteiger partial charge in [-0.2, -0.15) is 5.10 Å². The summed E-state index contributed by atoms with van der Waals surface area (Å²) in [5.74, 6) is 0.247. The molecule has 1 atom stereocenters. The van der Waals surface area contributed by atoms with E-state index < -0.39 is 0 Å². The van der Waals surface area contributed by atoms with E-state index in [0.717, 1.165) is 6.42 Å². The highest BCUT2D eigenvalue weighted by atomic mass is 16.2. The molecule has 0 unspecified atom stereocenters. The smallest absolute Gasteiger partial charge is 0.273 e. The highest BCUT2D eigenvalue weighted by Gasteiger charge is 2.14. The van der Waals surface area contributed by atoms with Crippen LogP contribution >= 0.6 is 0 Å². The molecule has 1 aromatic carbocycles. The largest absolute Gasteiger partial charge is 0.350 e. The minimum Gasteiger partial charge on any atom is -0.350 e. The Morgan fingerprint density at radius 3 is 2.91 bits per heavy atom. The van der Waals surface area contributed by atoms with Crippen molar-refractivity contribution in [3.05, 3.63) is 58.5 Å². The Bertz CT molecular complexity index is 910. The van der Waals surface area contributed by atoms with Crippen molar-refractivity contribution in [3.63, 3.8) is 0 Å². The fourth-order valence-electron chi connectivity index (χ4n) is 2.44. The summed E-state index contributed by atoms with van der Waals surface area (Å²) < 4.78 is 1.76. The van der Waals surface area contributed by atoms with Crippen molar-refractivity contribution in [2.75, 3.05) is 5.32 Å². The molecule has 3 aromatic rings. The van der Waals surface area contributed by atoms with Crippen LogP contribution in [0.5, 0.6) is 0 Å². The molecule has 2 N–H and O–H groups in total. The Balaban J connectivity index is 1.93. The van der Waals surface area contributed by atoms with Crippen molar-refractivity contribution >= 4 is 22.6 Å². The van der Waals surface area contributed by atoms with Crippen molar-refractivity contribution in [1.82, 2.24) is 14.8 Å². The van der Waals surface area contributed by atoms with Gasteiger partial charge >= 0.3 is 0 Å². The van der Waals surface area contributed by atoms with E-state index >= 15 is 0 Å². The number of pyridine rings is 1. The molecule has 0 aliphatic heterocycles. The summed E-state index contributed by atoms with van der Waals surface area (Å²) in [6.07, 6.45) is 2.54. The van der Waals surface area contributed by atoms with Crippen LogP contribution in [0.15, 0.2) is 47.4 Å². The summed E-state index contributed by atoms with van der Waals surface area (Å²) in [5, 5.41) is 7.60. The summed E-state index contributed by atoms with van der Waals surface area (Å²) >= 11 is 0. The average molecular weight is 310 g/mol. The number of fused-ring (bicyclic) bond motifs is 1. The Hall–Kier alpha value is -2.89. The second-order valence-corrected chi connectivity index (χ2v) is 5.47. The van der Waals surface area contributed by atoms with Gasteiger partial charge in [-0.25, -0.2) is 4.68 Å². The molecule has 0 aliphatic rings. The van der Waals surface area contributed by atoms with E-state index in [4.69, 9.17) is 0 Å². The first-order valence-corrected chi connectivity index (χ1v) is 7.57. The molecular weight excluding hydrogens is 292 g/mol. The maximum absolute atomic E-state index is 12.4. The van der Waals surface area contributed by atoms with Gasteiger partial charge in [0.1, 0.15) is 11.5 Å². The molecular formula is C17H18N4O2. The van der Waals surface area contributed by atoms with Gasteiger partial charge in [0.2, 0.25) is 0 Å². The number of carbonyl (C=O) groups is 1. The summed E-state index contributed by atoms with van der Waals surface area (Å²) in [6, 6.07) is 10.4. The molecule has 118 valence electrons. The second-order valence-electron chi connectivity index (χ2n) is 5.47. The van der Waals surface area contributed by atoms with Gasteiger partial charge in [0, 0.05) is 23.0 Å². The molecule has 23 heavy (non-hydrogen) atoms. The number of aromatic amines is 1. The zero-order chi connectivity index (χ0) is 16.4. The number of carbonyl (C=O) groups excluding carboxylic acids is 1. The molecule has 0 radical (unpaired) electrons. The number of benzene rings is 1. The third-order valence-corrected chi connectivity index (χ3v) is 3.90. The normalized spacial score (nSPS) is 12.3. The SMILES string of the molecule is CC[C@@H](C)n1nccc1NC(=O)c1cc(=O)c2ccccc2[nH]1. The van der Waals surface area contributed by atoms with Gasteiger partial charge in [0.25, 0.3) is 5.91 Å². The maximum atomic E-state index is 12.4. The minimum absolute atomic E-state index is 0.177. The molecule has 0 fully saturated rings. The Labute approximate surface area is 133 Å². The van der Waals surface area contributed by atoms with E-state index in [1.807, 2.05) is 13.0 Å². The van der Waals surface area contributed by atoms with Gasteiger partial charge in [-0.05, 0) is 25.5 Å². The van der Waals surface area contributed by atoms with Crippen LogP contribution in [0.25, 0.3) is 10.9 Å². The number of aromatic nitrogens is 3. The number of H-pyrrole nitrogens is 1. The fraction of sp³-hybridized carbons (Fsp3) is 0.235. The molecule has 6 heteroatoms. The number of hydrogen-bond acceptors (Lipinski definition) is 3. The Morgan fingerprint density at radius 2 is 2.13 bits per heavy atom. The van der Waals surface area contributed by atoms with E-state index in [2.05, 4.69) is 22.3 Å². The molecule has 2 heterocycles. The molecule has 0 bridgehead atoms. The predicted molar refractivity (Wildman–Crippen MR) is 89.8 cm³/mol. The number of anilines is 1. The lowest BCUT2D eigenvalue weighted by molar-refractivity contribution is 0.102. The lowest BCUT2D eigenvalue weighted by atomic mass is 10.2. The first-order valence-electron chi connectivity index (χ1n) is 7.57. The zero-order valence-electron chi connectivity index (χ0n) is 13.0. The highest BCUT2D eigenvalue weighted by Crippen LogP contribution is 2.17. The van der Waals surface area contributed by atoms with E-state index in [1.54, 1.807) is 35.1 Å². The topological polar surface area (TPSA) is 79.8 Å². The Kier molecular flexibility index (Phi) is 3.97. The van der Waals surface area contributed by atoms with E-state index in [0.29, 0.717) is 16.7 Å². The van der Waals surface area contributed by atoms with Gasteiger partial charge < -0.3 is 10.3 Å². The van der Waals surface area contributed by atoms with Crippen LogP contribution in [0.2, 0.25) is 0 Å². The molecule has 3 rings (SSSR count). The monoisotopic (exact) mass is 310 g/mol. The number of nitrogens with zero attached hydrogens (tertiary/aromatic N) is 2. The maximum Gasteiger partial charge on any atom is 0.273 e. The molecule has 0 saturated carbocycles. The molecule has 6 nitrogen and oxygen atoms in total. The van der Waals surface area contributed by atoms with Crippen molar-refractivity contribution < 1.29 is 4.79 Å². The molecule has 0 spiro atoms. The van der Waals surface area contributed by atoms with Gasteiger partial charge in [-0.1, -0.05) is 19.1 Å². The van der Waals surface area contributed by atoms with Crippen LogP contribution < -0.4 is 10.7 Å². The standard InChI is InChI=1S/C17H18N4O2/c1-3-11(2)21-16(8-9-18-21)20-17(23)14-10-15(22)12-6-4-5-7-13(12)19-14/h4-11H,3H2,1-2H3,(H,19,22)(H,20,23)/t11-/m1/s1. The predicted octanol–water partition coefficient (Wildman–Crippen LogP) is 2.95. The molecule has 1 amide bonds. The van der Waals surface area contributed by atoms with Crippen LogP contribution in [-0.4, -0.2) is 20.7 Å². The van der Waals surface area contributed by atoms with Gasteiger partial charge in [-0.3, -0.25) is 9.59 Å². The van der Waals surface area contributed by atoms with Crippen LogP contribution in [0.3, 0.4) is 0 Å². The number of amides is 1. The Morgan fingerprint density at radius 1 is 1.35 bits per heavy atom. The summed E-state index contributed by atoms with van der Waals surface area (Å²) in [4.78, 5) is 27.6. The number of para-hydroxylation sites is 1. The summed E-state index contributed by atoms with van der Waals surface area (Å²) in [6.45, 7) is 4.08. The van der Waals surface area contributed by atoms with Crippen LogP contribution in [0, 0.1) is 0 Å². The summed E-state index contributed by atoms with van der Waals surface area (Å²) in [5.41, 5.74) is 0.686. The third-order valence-electron chi connectivity index (χ3n) is 3.90. The number of nitrogens with one attached hydrogen (secondary N) is 2. The lowest BCUT2D eigenvalue weighted by Gasteiger charge is -2.14. The number of hydrogen-bond donors (Lipinski definition) is 2. The van der Waals surface area contributed by atoms with Crippen molar-refractivity contribution in [2.45, 2.75) is 26.3 Å². The fourth-order valence-corrected chi connectivity index (χ4v) is 2.44. The van der Waals surface area contributed by atoms with Gasteiger partial charge in [-0.15, -0.1) is 0 Å². The molecule has 2 aromatic heterocycles. The summed E-state index contributed by atoms with van der Waals surface area (Å²) in [7, 11) is 0. The number of rotatable bonds is 4. The van der Waals surface area contributed by atoms with E-state index in [9.17, 15) is 9.59 Å². The molecule has 0 aliphatic carbocycles. The lowest BCUT2D eigenvalue weighted by Crippen LogP contribution is -2.20. The highest BCUT2D eigenvalue weighted by molar-refractivity contribution is 6.03. The minimum atomic E-state index is -0.363. The van der Waals surface area contributed by atoms with Gasteiger partial charge in [0.15, 0.2) is 5.43 Å².